The van der Waals surface area contributed by atoms with Gasteiger partial charge < -0.3 is 4.90 Å². The molecule has 0 amide bonds. The number of piperidine rings is 1. The van der Waals surface area contributed by atoms with E-state index in [1.165, 1.54) is 24.8 Å². The van der Waals surface area contributed by atoms with Crippen LogP contribution in [0.1, 0.15) is 30.5 Å². The lowest BCUT2D eigenvalue weighted by Gasteiger charge is -2.26. The van der Waals surface area contributed by atoms with Crippen molar-refractivity contribution in [3.8, 4) is 0 Å². The summed E-state index contributed by atoms with van der Waals surface area (Å²) in [6.07, 6.45) is 13.8. The van der Waals surface area contributed by atoms with Gasteiger partial charge in [0.1, 0.15) is 0 Å². The molecule has 1 aliphatic heterocycles. The molecule has 112 valence electrons. The van der Waals surface area contributed by atoms with Gasteiger partial charge in [0.25, 0.3) is 0 Å². The molecule has 2 aromatic rings. The Bertz CT molecular complexity index is 641. The molecule has 1 aromatic carbocycles. The maximum absolute atomic E-state index is 4.64. The third-order valence-corrected chi connectivity index (χ3v) is 3.77. The standard InChI is InChI=1S/C19H21N3/c1-3-9-17(10-4-1)11-5-6-12-18-13-14-20-19(21-18)22-15-7-2-8-16-22/h1,3-6,9-14H,2,7-8,15-16H2/b11-5+,12-6+. The average Bonchev–Trinajstić information content (AvgIpc) is 2.61. The van der Waals surface area contributed by atoms with Crippen LogP contribution in [-0.4, -0.2) is 23.1 Å². The second-order valence-electron chi connectivity index (χ2n) is 5.46. The minimum Gasteiger partial charge on any atom is -0.341 e. The van der Waals surface area contributed by atoms with E-state index in [-0.39, 0.29) is 0 Å². The lowest BCUT2D eigenvalue weighted by Crippen LogP contribution is -2.31. The van der Waals surface area contributed by atoms with Gasteiger partial charge in [0.2, 0.25) is 5.95 Å². The molecule has 0 saturated carbocycles. The van der Waals surface area contributed by atoms with Gasteiger partial charge in [-0.1, -0.05) is 48.6 Å². The van der Waals surface area contributed by atoms with Crippen LogP contribution in [0.4, 0.5) is 5.95 Å². The highest BCUT2D eigenvalue weighted by Gasteiger charge is 2.12. The van der Waals surface area contributed by atoms with Crippen molar-refractivity contribution in [1.29, 1.82) is 0 Å². The molecule has 3 heteroatoms. The molecule has 1 saturated heterocycles. The van der Waals surface area contributed by atoms with Crippen LogP contribution in [0.25, 0.3) is 12.2 Å². The van der Waals surface area contributed by atoms with Crippen molar-refractivity contribution in [2.75, 3.05) is 18.0 Å². The number of hydrogen-bond donors (Lipinski definition) is 0. The van der Waals surface area contributed by atoms with E-state index in [9.17, 15) is 0 Å². The number of hydrogen-bond acceptors (Lipinski definition) is 3. The van der Waals surface area contributed by atoms with E-state index in [2.05, 4.69) is 33.1 Å². The van der Waals surface area contributed by atoms with Crippen molar-refractivity contribution in [3.05, 3.63) is 66.0 Å². The summed E-state index contributed by atoms with van der Waals surface area (Å²) < 4.78 is 0. The highest BCUT2D eigenvalue weighted by molar-refractivity contribution is 5.55. The van der Waals surface area contributed by atoms with Crippen LogP contribution in [-0.2, 0) is 0 Å². The second-order valence-corrected chi connectivity index (χ2v) is 5.46. The summed E-state index contributed by atoms with van der Waals surface area (Å²) >= 11 is 0. The van der Waals surface area contributed by atoms with E-state index in [0.29, 0.717) is 0 Å². The molecule has 0 bridgehead atoms. The Labute approximate surface area is 132 Å². The molecule has 22 heavy (non-hydrogen) atoms. The van der Waals surface area contributed by atoms with Crippen LogP contribution < -0.4 is 4.90 Å². The van der Waals surface area contributed by atoms with Gasteiger partial charge >= 0.3 is 0 Å². The van der Waals surface area contributed by atoms with E-state index in [0.717, 1.165) is 24.7 Å². The maximum atomic E-state index is 4.64. The van der Waals surface area contributed by atoms with Crippen LogP contribution in [0.2, 0.25) is 0 Å². The van der Waals surface area contributed by atoms with Crippen molar-refractivity contribution in [3.63, 3.8) is 0 Å². The summed E-state index contributed by atoms with van der Waals surface area (Å²) in [4.78, 5) is 11.3. The molecule has 0 radical (unpaired) electrons. The number of anilines is 1. The summed E-state index contributed by atoms with van der Waals surface area (Å²) in [6.45, 7) is 2.14. The molecule has 3 nitrogen and oxygen atoms in total. The molecular formula is C19H21N3. The van der Waals surface area contributed by atoms with E-state index in [1.807, 2.05) is 48.7 Å². The predicted molar refractivity (Wildman–Crippen MR) is 92.6 cm³/mol. The van der Waals surface area contributed by atoms with Crippen molar-refractivity contribution in [2.45, 2.75) is 19.3 Å². The summed E-state index contributed by atoms with van der Waals surface area (Å²) in [5.41, 5.74) is 2.15. The number of aromatic nitrogens is 2. The molecule has 0 N–H and O–H groups in total. The minimum absolute atomic E-state index is 0.855. The van der Waals surface area contributed by atoms with Gasteiger partial charge in [-0.25, -0.2) is 9.97 Å². The lowest BCUT2D eigenvalue weighted by atomic mass is 10.1. The van der Waals surface area contributed by atoms with Gasteiger partial charge in [-0.05, 0) is 37.0 Å². The van der Waals surface area contributed by atoms with Gasteiger partial charge in [0.05, 0.1) is 5.69 Å². The first-order valence-corrected chi connectivity index (χ1v) is 7.90. The van der Waals surface area contributed by atoms with E-state index >= 15 is 0 Å². The van der Waals surface area contributed by atoms with Crippen LogP contribution in [0.15, 0.2) is 54.7 Å². The van der Waals surface area contributed by atoms with Crippen LogP contribution in [0.3, 0.4) is 0 Å². The number of rotatable bonds is 4. The largest absolute Gasteiger partial charge is 0.341 e. The molecule has 1 fully saturated rings. The maximum Gasteiger partial charge on any atom is 0.225 e. The molecule has 0 unspecified atom stereocenters. The topological polar surface area (TPSA) is 29.0 Å². The third kappa shape index (κ3) is 4.04. The predicted octanol–water partition coefficient (Wildman–Crippen LogP) is 4.19. The Hall–Kier alpha value is -2.42. The first-order chi connectivity index (χ1) is 10.9. The Balaban J connectivity index is 1.65. The first kappa shape index (κ1) is 14.5. The Morgan fingerprint density at radius 1 is 0.864 bits per heavy atom. The Morgan fingerprint density at radius 3 is 2.45 bits per heavy atom. The summed E-state index contributed by atoms with van der Waals surface area (Å²) in [7, 11) is 0. The van der Waals surface area contributed by atoms with E-state index < -0.39 is 0 Å². The molecule has 0 spiro atoms. The van der Waals surface area contributed by atoms with Gasteiger partial charge in [0, 0.05) is 19.3 Å². The monoisotopic (exact) mass is 291 g/mol. The average molecular weight is 291 g/mol. The molecule has 2 heterocycles. The summed E-state index contributed by atoms with van der Waals surface area (Å²) in [5.74, 6) is 0.855. The molecular weight excluding hydrogens is 270 g/mol. The third-order valence-electron chi connectivity index (χ3n) is 3.77. The Kier molecular flexibility index (Phi) is 4.98. The van der Waals surface area contributed by atoms with Crippen molar-refractivity contribution in [2.24, 2.45) is 0 Å². The molecule has 3 rings (SSSR count). The van der Waals surface area contributed by atoms with Gasteiger partial charge in [-0.15, -0.1) is 0 Å². The summed E-state index contributed by atoms with van der Waals surface area (Å²) in [6, 6.07) is 12.2. The quantitative estimate of drug-likeness (QED) is 0.791. The molecule has 1 aromatic heterocycles. The normalized spacial score (nSPS) is 15.7. The zero-order valence-corrected chi connectivity index (χ0v) is 12.7. The highest BCUT2D eigenvalue weighted by atomic mass is 15.2. The van der Waals surface area contributed by atoms with Gasteiger partial charge in [-0.2, -0.15) is 0 Å². The molecule has 0 aliphatic carbocycles. The second kappa shape index (κ2) is 7.55. The first-order valence-electron chi connectivity index (χ1n) is 7.90. The van der Waals surface area contributed by atoms with E-state index in [1.54, 1.807) is 0 Å². The highest BCUT2D eigenvalue weighted by Crippen LogP contribution is 2.15. The zero-order valence-electron chi connectivity index (χ0n) is 12.7. The fourth-order valence-corrected chi connectivity index (χ4v) is 2.59. The number of nitrogens with zero attached hydrogens (tertiary/aromatic N) is 3. The zero-order chi connectivity index (χ0) is 15.0. The van der Waals surface area contributed by atoms with Crippen molar-refractivity contribution >= 4 is 18.1 Å². The van der Waals surface area contributed by atoms with Crippen molar-refractivity contribution in [1.82, 2.24) is 9.97 Å². The summed E-state index contributed by atoms with van der Waals surface area (Å²) in [5, 5.41) is 0. The fourth-order valence-electron chi connectivity index (χ4n) is 2.59. The van der Waals surface area contributed by atoms with Crippen LogP contribution in [0.5, 0.6) is 0 Å². The van der Waals surface area contributed by atoms with Gasteiger partial charge in [-0.3, -0.25) is 0 Å². The molecule has 0 atom stereocenters. The number of allylic oxidation sites excluding steroid dienone is 2. The van der Waals surface area contributed by atoms with Gasteiger partial charge in [0.15, 0.2) is 0 Å². The minimum atomic E-state index is 0.855. The Morgan fingerprint density at radius 2 is 1.64 bits per heavy atom. The van der Waals surface area contributed by atoms with Crippen LogP contribution >= 0.6 is 0 Å². The fraction of sp³-hybridized carbons (Fsp3) is 0.263. The van der Waals surface area contributed by atoms with Crippen LogP contribution in [0, 0.1) is 0 Å². The number of benzene rings is 1. The lowest BCUT2D eigenvalue weighted by molar-refractivity contribution is 0.568. The SMILES string of the molecule is C(/C=C/c1ccnc(N2CCCCC2)n1)=C\c1ccccc1. The van der Waals surface area contributed by atoms with Crippen molar-refractivity contribution < 1.29 is 0 Å². The smallest absolute Gasteiger partial charge is 0.225 e. The molecule has 1 aliphatic rings. The van der Waals surface area contributed by atoms with E-state index in [4.69, 9.17) is 0 Å².